The number of carbonyl (C=O) groups excluding carboxylic acids is 3. The van der Waals surface area contributed by atoms with Crippen molar-refractivity contribution in [1.29, 1.82) is 0 Å². The van der Waals surface area contributed by atoms with Gasteiger partial charge in [0.15, 0.2) is 6.10 Å². The minimum atomic E-state index is -4.72. The zero-order valence-corrected chi connectivity index (χ0v) is 42.9. The van der Waals surface area contributed by atoms with E-state index in [-0.39, 0.29) is 32.2 Å². The van der Waals surface area contributed by atoms with Gasteiger partial charge >= 0.3 is 18.0 Å². The van der Waals surface area contributed by atoms with Crippen LogP contribution in [-0.2, 0) is 37.4 Å². The zero-order valence-electron chi connectivity index (χ0n) is 42.0. The van der Waals surface area contributed by atoms with Gasteiger partial charge in [0.05, 0.1) is 19.7 Å². The summed E-state index contributed by atoms with van der Waals surface area (Å²) in [6, 6.07) is 0. The van der Waals surface area contributed by atoms with E-state index in [1.807, 2.05) is 5.32 Å². The molecule has 0 saturated heterocycles. The SMILES string of the molecule is CCCCCCCC/C=C\CCCCCCCC(=O)OC[C@H](COP(=O)([O-])OCC[NH2+]CCCNC(=O)OC1CC/C=C/CCC1)OC(=O)CCCCCCC/C=C\CCCCCCCC. The van der Waals surface area contributed by atoms with E-state index >= 15 is 0 Å². The average molecular weight is 953 g/mol. The Bertz CT molecular complexity index is 1290. The molecule has 0 saturated carbocycles. The summed E-state index contributed by atoms with van der Waals surface area (Å²) in [7, 11) is -4.72. The average Bonchev–Trinajstić information content (AvgIpc) is 3.29. The second-order valence-electron chi connectivity index (χ2n) is 18.2. The Hall–Kier alpha value is -2.50. The third-order valence-corrected chi connectivity index (χ3v) is 12.8. The standard InChI is InChI=1S/C53H97N2O10P/c1-3-5-7-9-11-13-15-17-19-21-23-25-27-32-36-41-51(56)61-47-50(64-52(57)42-37-33-28-26-24-22-20-18-16-14-12-10-8-6-4-2)48-63-66(59,60)62-46-45-54-43-38-44-55-53(58)65-49-39-34-30-29-31-35-40-49/h17-20,29-30,49-50,54H,3-16,21-28,31-48H2,1-2H3,(H,55,58)(H,59,60)/b19-17-,20-18-,30-29+/t49?,50-/m1/s1. The molecule has 384 valence electrons. The molecule has 1 amide bonds. The van der Waals surface area contributed by atoms with Crippen molar-refractivity contribution in [2.45, 2.75) is 244 Å². The van der Waals surface area contributed by atoms with Gasteiger partial charge in [0.2, 0.25) is 0 Å². The highest BCUT2D eigenvalue weighted by Gasteiger charge is 2.21. The number of ether oxygens (including phenoxy) is 3. The fraction of sp³-hybridized carbons (Fsp3) is 0.830. The molecule has 12 nitrogen and oxygen atoms in total. The van der Waals surface area contributed by atoms with Gasteiger partial charge in [-0.3, -0.25) is 14.2 Å². The van der Waals surface area contributed by atoms with E-state index in [0.717, 1.165) is 103 Å². The van der Waals surface area contributed by atoms with Crippen molar-refractivity contribution in [2.24, 2.45) is 0 Å². The summed E-state index contributed by atoms with van der Waals surface area (Å²) in [6.07, 6.45) is 47.8. The minimum Gasteiger partial charge on any atom is -0.756 e. The summed E-state index contributed by atoms with van der Waals surface area (Å²) >= 11 is 0. The van der Waals surface area contributed by atoms with Crippen LogP contribution in [0.4, 0.5) is 4.79 Å². The number of quaternary nitrogens is 1. The van der Waals surface area contributed by atoms with Crippen LogP contribution in [0.1, 0.15) is 232 Å². The van der Waals surface area contributed by atoms with Crippen molar-refractivity contribution in [2.75, 3.05) is 39.5 Å². The molecule has 0 heterocycles. The zero-order chi connectivity index (χ0) is 47.9. The molecule has 1 rings (SSSR count). The van der Waals surface area contributed by atoms with Gasteiger partial charge in [-0.05, 0) is 96.3 Å². The topological polar surface area (TPSA) is 166 Å². The third-order valence-electron chi connectivity index (χ3n) is 11.9. The van der Waals surface area contributed by atoms with Crippen molar-refractivity contribution in [1.82, 2.24) is 5.32 Å². The number of alkyl carbamates (subject to hydrolysis) is 1. The van der Waals surface area contributed by atoms with E-state index in [2.05, 4.69) is 55.6 Å². The van der Waals surface area contributed by atoms with E-state index in [9.17, 15) is 23.8 Å². The number of rotatable bonds is 45. The molecular weight excluding hydrogens is 856 g/mol. The third kappa shape index (κ3) is 42.8. The molecule has 13 heteroatoms. The van der Waals surface area contributed by atoms with E-state index in [1.54, 1.807) is 0 Å². The first-order chi connectivity index (χ1) is 32.3. The van der Waals surface area contributed by atoms with Gasteiger partial charge in [-0.2, -0.15) is 0 Å². The first kappa shape index (κ1) is 61.5. The predicted octanol–water partition coefficient (Wildman–Crippen LogP) is 12.6. The Labute approximate surface area is 402 Å². The lowest BCUT2D eigenvalue weighted by Crippen LogP contribution is -2.85. The van der Waals surface area contributed by atoms with Crippen LogP contribution in [0.15, 0.2) is 36.5 Å². The van der Waals surface area contributed by atoms with E-state index in [4.69, 9.17) is 23.3 Å². The number of esters is 2. The number of phosphoric ester groups is 1. The van der Waals surface area contributed by atoms with Gasteiger partial charge in [-0.1, -0.05) is 153 Å². The number of nitrogens with two attached hydrogens (primary N) is 1. The maximum atomic E-state index is 12.8. The molecule has 0 spiro atoms. The monoisotopic (exact) mass is 953 g/mol. The first-order valence-corrected chi connectivity index (χ1v) is 28.4. The van der Waals surface area contributed by atoms with E-state index in [0.29, 0.717) is 38.9 Å². The molecule has 0 bridgehead atoms. The number of hydrogen-bond acceptors (Lipinski definition) is 10. The Balaban J connectivity index is 2.37. The van der Waals surface area contributed by atoms with Gasteiger partial charge in [0, 0.05) is 25.8 Å². The molecule has 0 fully saturated rings. The fourth-order valence-corrected chi connectivity index (χ4v) is 8.53. The van der Waals surface area contributed by atoms with Crippen LogP contribution >= 0.6 is 7.82 Å². The molecular formula is C53H97N2O10P. The van der Waals surface area contributed by atoms with Gasteiger partial charge in [0.25, 0.3) is 7.82 Å². The van der Waals surface area contributed by atoms with Crippen LogP contribution in [0.5, 0.6) is 0 Å². The lowest BCUT2D eigenvalue weighted by atomic mass is 10.0. The molecule has 0 radical (unpaired) electrons. The second-order valence-corrected chi connectivity index (χ2v) is 19.6. The van der Waals surface area contributed by atoms with Crippen molar-refractivity contribution in [3.05, 3.63) is 36.5 Å². The lowest BCUT2D eigenvalue weighted by molar-refractivity contribution is -0.655. The van der Waals surface area contributed by atoms with Gasteiger partial charge < -0.3 is 38.8 Å². The fourth-order valence-electron chi connectivity index (χ4n) is 7.78. The van der Waals surface area contributed by atoms with Gasteiger partial charge in [-0.15, -0.1) is 0 Å². The number of phosphoric acid groups is 1. The summed E-state index contributed by atoms with van der Waals surface area (Å²) in [5, 5.41) is 4.68. The Kier molecular flexibility index (Phi) is 43.1. The molecule has 0 aromatic rings. The van der Waals surface area contributed by atoms with E-state index in [1.165, 1.54) is 83.5 Å². The molecule has 1 aliphatic rings. The van der Waals surface area contributed by atoms with E-state index < -0.39 is 38.6 Å². The van der Waals surface area contributed by atoms with Crippen molar-refractivity contribution in [3.63, 3.8) is 0 Å². The van der Waals surface area contributed by atoms with Gasteiger partial charge in [-0.25, -0.2) is 4.79 Å². The minimum absolute atomic E-state index is 0.0602. The highest BCUT2D eigenvalue weighted by atomic mass is 31.2. The van der Waals surface area contributed by atoms with Crippen LogP contribution in [-0.4, -0.2) is 69.7 Å². The normalized spacial score (nSPS) is 16.1. The number of allylic oxidation sites excluding steroid dienone is 6. The lowest BCUT2D eigenvalue weighted by Gasteiger charge is -2.25. The second kappa shape index (κ2) is 46.2. The van der Waals surface area contributed by atoms with Crippen molar-refractivity contribution < 1.29 is 52.4 Å². The number of amides is 1. The summed E-state index contributed by atoms with van der Waals surface area (Å²) in [4.78, 5) is 50.2. The van der Waals surface area contributed by atoms with Crippen LogP contribution in [0.25, 0.3) is 0 Å². The Morgan fingerprint density at radius 1 is 0.636 bits per heavy atom. The summed E-state index contributed by atoms with van der Waals surface area (Å²) < 4.78 is 39.4. The quantitative estimate of drug-likeness (QED) is 0.0197. The predicted molar refractivity (Wildman–Crippen MR) is 266 cm³/mol. The largest absolute Gasteiger partial charge is 0.756 e. The summed E-state index contributed by atoms with van der Waals surface area (Å²) in [5.41, 5.74) is 0. The molecule has 3 N–H and O–H groups in total. The molecule has 0 aromatic heterocycles. The van der Waals surface area contributed by atoms with Crippen LogP contribution < -0.4 is 15.5 Å². The Morgan fingerprint density at radius 3 is 1.73 bits per heavy atom. The summed E-state index contributed by atoms with van der Waals surface area (Å²) in [6.45, 7) is 5.03. The molecule has 0 aliphatic heterocycles. The van der Waals surface area contributed by atoms with Crippen LogP contribution in [0, 0.1) is 0 Å². The molecule has 2 unspecified atom stereocenters. The van der Waals surface area contributed by atoms with Crippen LogP contribution in [0.3, 0.4) is 0 Å². The highest BCUT2D eigenvalue weighted by Crippen LogP contribution is 2.38. The van der Waals surface area contributed by atoms with Gasteiger partial charge in [0.1, 0.15) is 19.3 Å². The number of nitrogens with one attached hydrogen (secondary N) is 1. The highest BCUT2D eigenvalue weighted by molar-refractivity contribution is 7.45. The number of unbranched alkanes of at least 4 members (excludes halogenated alkanes) is 22. The van der Waals surface area contributed by atoms with Crippen LogP contribution in [0.2, 0.25) is 0 Å². The Morgan fingerprint density at radius 2 is 1.15 bits per heavy atom. The smallest absolute Gasteiger partial charge is 0.407 e. The molecule has 0 aromatic carbocycles. The number of carbonyl (C=O) groups is 3. The molecule has 3 atom stereocenters. The maximum Gasteiger partial charge on any atom is 0.407 e. The van der Waals surface area contributed by atoms with Crippen molar-refractivity contribution in [3.8, 4) is 0 Å². The first-order valence-electron chi connectivity index (χ1n) is 26.9. The number of hydrogen-bond donors (Lipinski definition) is 2. The molecule has 66 heavy (non-hydrogen) atoms. The molecule has 1 aliphatic carbocycles. The van der Waals surface area contributed by atoms with Crippen molar-refractivity contribution >= 4 is 25.9 Å². The summed E-state index contributed by atoms with van der Waals surface area (Å²) in [5.74, 6) is -0.895. The maximum absolute atomic E-state index is 12.8.